The SMILES string of the molecule is COC(=O)c1cn(CC(=O)N(C)C(C)c2ccc(-n3cncn3)cc2)c2ccccc12. The van der Waals surface area contributed by atoms with Gasteiger partial charge < -0.3 is 14.2 Å². The Morgan fingerprint density at radius 1 is 1.13 bits per heavy atom. The molecular formula is C23H23N5O3. The zero-order valence-corrected chi connectivity index (χ0v) is 17.6. The van der Waals surface area contributed by atoms with Crippen molar-refractivity contribution in [1.82, 2.24) is 24.2 Å². The number of rotatable bonds is 6. The average Bonchev–Trinajstić information content (AvgIpc) is 3.47. The molecule has 0 saturated heterocycles. The summed E-state index contributed by atoms with van der Waals surface area (Å²) in [7, 11) is 3.13. The topological polar surface area (TPSA) is 82.2 Å². The molecule has 0 spiro atoms. The van der Waals surface area contributed by atoms with E-state index in [2.05, 4.69) is 10.1 Å². The van der Waals surface area contributed by atoms with Crippen molar-refractivity contribution in [3.8, 4) is 5.69 Å². The summed E-state index contributed by atoms with van der Waals surface area (Å²) in [5.41, 5.74) is 3.17. The van der Waals surface area contributed by atoms with Crippen LogP contribution < -0.4 is 0 Å². The summed E-state index contributed by atoms with van der Waals surface area (Å²) in [4.78, 5) is 30.8. The molecular weight excluding hydrogens is 394 g/mol. The molecule has 1 amide bonds. The minimum Gasteiger partial charge on any atom is -0.465 e. The highest BCUT2D eigenvalue weighted by molar-refractivity contribution is 6.04. The van der Waals surface area contributed by atoms with Gasteiger partial charge in [-0.05, 0) is 30.7 Å². The second-order valence-corrected chi connectivity index (χ2v) is 7.29. The lowest BCUT2D eigenvalue weighted by atomic mass is 10.1. The summed E-state index contributed by atoms with van der Waals surface area (Å²) in [5, 5.41) is 4.89. The van der Waals surface area contributed by atoms with Gasteiger partial charge in [-0.15, -0.1) is 0 Å². The molecule has 0 saturated carbocycles. The maximum Gasteiger partial charge on any atom is 0.340 e. The maximum absolute atomic E-state index is 13.0. The Morgan fingerprint density at radius 2 is 1.87 bits per heavy atom. The second-order valence-electron chi connectivity index (χ2n) is 7.29. The Hall–Kier alpha value is -3.94. The Bertz CT molecular complexity index is 1210. The Labute approximate surface area is 179 Å². The van der Waals surface area contributed by atoms with Crippen molar-refractivity contribution in [3.05, 3.63) is 78.5 Å². The van der Waals surface area contributed by atoms with Gasteiger partial charge in [-0.3, -0.25) is 4.79 Å². The quantitative estimate of drug-likeness (QED) is 0.450. The molecule has 0 N–H and O–H groups in total. The number of hydrogen-bond donors (Lipinski definition) is 0. The van der Waals surface area contributed by atoms with E-state index in [-0.39, 0.29) is 18.5 Å². The maximum atomic E-state index is 13.0. The second kappa shape index (κ2) is 8.43. The van der Waals surface area contributed by atoms with Crippen molar-refractivity contribution in [2.75, 3.05) is 14.2 Å². The van der Waals surface area contributed by atoms with Crippen molar-refractivity contribution in [1.29, 1.82) is 0 Å². The zero-order valence-electron chi connectivity index (χ0n) is 17.6. The van der Waals surface area contributed by atoms with E-state index in [0.717, 1.165) is 22.2 Å². The van der Waals surface area contributed by atoms with Crippen LogP contribution in [0.2, 0.25) is 0 Å². The molecule has 2 aromatic heterocycles. The van der Waals surface area contributed by atoms with Gasteiger partial charge in [0, 0.05) is 24.1 Å². The van der Waals surface area contributed by atoms with Crippen LogP contribution in [0.25, 0.3) is 16.6 Å². The third-order valence-electron chi connectivity index (χ3n) is 5.53. The number of methoxy groups -OCH3 is 1. The first-order valence-electron chi connectivity index (χ1n) is 9.86. The molecule has 158 valence electrons. The molecule has 2 aromatic carbocycles. The highest BCUT2D eigenvalue weighted by Gasteiger charge is 2.21. The normalized spacial score (nSPS) is 12.0. The summed E-state index contributed by atoms with van der Waals surface area (Å²) in [6.07, 6.45) is 4.80. The number of para-hydroxylation sites is 1. The number of aromatic nitrogens is 4. The molecule has 0 aliphatic carbocycles. The van der Waals surface area contributed by atoms with E-state index in [1.807, 2.05) is 55.5 Å². The van der Waals surface area contributed by atoms with Crippen LogP contribution in [0.5, 0.6) is 0 Å². The summed E-state index contributed by atoms with van der Waals surface area (Å²) in [5.74, 6) is -0.485. The number of amides is 1. The fourth-order valence-electron chi connectivity index (χ4n) is 3.59. The van der Waals surface area contributed by atoms with Crippen LogP contribution in [0, 0.1) is 0 Å². The summed E-state index contributed by atoms with van der Waals surface area (Å²) in [6.45, 7) is 2.10. The van der Waals surface area contributed by atoms with Gasteiger partial charge in [0.25, 0.3) is 0 Å². The van der Waals surface area contributed by atoms with Gasteiger partial charge in [0.2, 0.25) is 5.91 Å². The van der Waals surface area contributed by atoms with E-state index in [1.165, 1.54) is 13.4 Å². The van der Waals surface area contributed by atoms with E-state index in [4.69, 9.17) is 4.74 Å². The molecule has 31 heavy (non-hydrogen) atoms. The average molecular weight is 417 g/mol. The smallest absolute Gasteiger partial charge is 0.340 e. The number of hydrogen-bond acceptors (Lipinski definition) is 5. The molecule has 8 heteroatoms. The number of fused-ring (bicyclic) bond motifs is 1. The summed E-state index contributed by atoms with van der Waals surface area (Å²) >= 11 is 0. The molecule has 1 atom stereocenters. The van der Waals surface area contributed by atoms with E-state index in [1.54, 1.807) is 33.7 Å². The highest BCUT2D eigenvalue weighted by Crippen LogP contribution is 2.24. The fraction of sp³-hybridized carbons (Fsp3) is 0.217. The lowest BCUT2D eigenvalue weighted by Crippen LogP contribution is -2.32. The Kier molecular flexibility index (Phi) is 5.53. The van der Waals surface area contributed by atoms with E-state index in [0.29, 0.717) is 5.56 Å². The van der Waals surface area contributed by atoms with Gasteiger partial charge in [-0.2, -0.15) is 5.10 Å². The third-order valence-corrected chi connectivity index (χ3v) is 5.53. The largest absolute Gasteiger partial charge is 0.465 e. The van der Waals surface area contributed by atoms with Crippen LogP contribution in [0.1, 0.15) is 28.9 Å². The number of benzene rings is 2. The van der Waals surface area contributed by atoms with Gasteiger partial charge in [0.1, 0.15) is 19.2 Å². The highest BCUT2D eigenvalue weighted by atomic mass is 16.5. The lowest BCUT2D eigenvalue weighted by molar-refractivity contribution is -0.132. The molecule has 8 nitrogen and oxygen atoms in total. The van der Waals surface area contributed by atoms with Gasteiger partial charge in [-0.1, -0.05) is 30.3 Å². The molecule has 2 heterocycles. The van der Waals surface area contributed by atoms with Crippen molar-refractivity contribution < 1.29 is 14.3 Å². The molecule has 0 fully saturated rings. The van der Waals surface area contributed by atoms with Crippen molar-refractivity contribution in [2.24, 2.45) is 0 Å². The van der Waals surface area contributed by atoms with Crippen molar-refractivity contribution >= 4 is 22.8 Å². The molecule has 0 aliphatic heterocycles. The van der Waals surface area contributed by atoms with Crippen molar-refractivity contribution in [2.45, 2.75) is 19.5 Å². The van der Waals surface area contributed by atoms with E-state index < -0.39 is 5.97 Å². The number of likely N-dealkylation sites (N-methyl/N-ethyl adjacent to an activating group) is 1. The number of esters is 1. The first-order chi connectivity index (χ1) is 15.0. The van der Waals surface area contributed by atoms with Gasteiger partial charge in [0.05, 0.1) is 24.4 Å². The van der Waals surface area contributed by atoms with Crippen LogP contribution in [-0.2, 0) is 16.1 Å². The minimum absolute atomic E-state index is 0.0648. The molecule has 4 aromatic rings. The van der Waals surface area contributed by atoms with E-state index in [9.17, 15) is 9.59 Å². The first kappa shape index (κ1) is 20.3. The van der Waals surface area contributed by atoms with Gasteiger partial charge in [0.15, 0.2) is 0 Å². The van der Waals surface area contributed by atoms with Crippen LogP contribution >= 0.6 is 0 Å². The van der Waals surface area contributed by atoms with Crippen molar-refractivity contribution in [3.63, 3.8) is 0 Å². The minimum atomic E-state index is -0.420. The van der Waals surface area contributed by atoms with Crippen LogP contribution in [0.4, 0.5) is 0 Å². The summed E-state index contributed by atoms with van der Waals surface area (Å²) < 4.78 is 8.36. The first-order valence-corrected chi connectivity index (χ1v) is 9.86. The predicted octanol–water partition coefficient (Wildman–Crippen LogP) is 3.23. The third kappa shape index (κ3) is 3.92. The lowest BCUT2D eigenvalue weighted by Gasteiger charge is -2.26. The summed E-state index contributed by atoms with van der Waals surface area (Å²) in [6, 6.07) is 15.2. The molecule has 0 aliphatic rings. The van der Waals surface area contributed by atoms with Crippen LogP contribution in [-0.4, -0.2) is 50.3 Å². The molecule has 1 unspecified atom stereocenters. The van der Waals surface area contributed by atoms with Gasteiger partial charge >= 0.3 is 5.97 Å². The number of carbonyl (C=O) groups excluding carboxylic acids is 2. The molecule has 0 bridgehead atoms. The Balaban J connectivity index is 1.53. The Morgan fingerprint density at radius 3 is 2.55 bits per heavy atom. The number of ether oxygens (including phenoxy) is 1. The van der Waals surface area contributed by atoms with Crippen LogP contribution in [0.3, 0.4) is 0 Å². The number of carbonyl (C=O) groups is 2. The molecule has 4 rings (SSSR count). The van der Waals surface area contributed by atoms with Gasteiger partial charge in [-0.25, -0.2) is 14.5 Å². The predicted molar refractivity (Wildman–Crippen MR) is 116 cm³/mol. The monoisotopic (exact) mass is 417 g/mol. The van der Waals surface area contributed by atoms with E-state index >= 15 is 0 Å². The molecule has 0 radical (unpaired) electrons. The fourth-order valence-corrected chi connectivity index (χ4v) is 3.59. The zero-order chi connectivity index (χ0) is 22.0. The number of nitrogens with zero attached hydrogens (tertiary/aromatic N) is 5. The van der Waals surface area contributed by atoms with Crippen LogP contribution in [0.15, 0.2) is 67.4 Å². The standard InChI is InChI=1S/C23H23N5O3/c1-16(17-8-10-18(11-9-17)28-15-24-14-25-28)26(2)22(29)13-27-12-20(23(30)31-3)19-6-4-5-7-21(19)27/h4-12,14-16H,13H2,1-3H3.